The van der Waals surface area contributed by atoms with E-state index in [0.717, 1.165) is 17.9 Å². The Labute approximate surface area is 81.8 Å². The topological polar surface area (TPSA) is 29.3 Å². The molecule has 1 rings (SSSR count). The second kappa shape index (κ2) is 4.57. The molecule has 0 aliphatic carbocycles. The van der Waals surface area contributed by atoms with Gasteiger partial charge in [0.15, 0.2) is 0 Å². The number of thioether (sulfide) groups is 1. The second-order valence-corrected chi connectivity index (χ2v) is 4.64. The number of halogens is 2. The molecule has 0 spiro atoms. The maximum atomic E-state index is 12.9. The van der Waals surface area contributed by atoms with Gasteiger partial charge in [0.2, 0.25) is 0 Å². The van der Waals surface area contributed by atoms with Crippen molar-refractivity contribution in [1.29, 1.82) is 0 Å². The maximum absolute atomic E-state index is 12.9. The van der Waals surface area contributed by atoms with Crippen LogP contribution >= 0.6 is 11.8 Å². The zero-order valence-corrected chi connectivity index (χ0v) is 8.62. The Morgan fingerprint density at radius 2 is 2.31 bits per heavy atom. The van der Waals surface area contributed by atoms with E-state index in [1.165, 1.54) is 0 Å². The predicted molar refractivity (Wildman–Crippen MR) is 52.4 cm³/mol. The first-order valence-electron chi connectivity index (χ1n) is 4.41. The molecule has 0 aromatic heterocycles. The molecule has 0 radical (unpaired) electrons. The summed E-state index contributed by atoms with van der Waals surface area (Å²) in [7, 11) is 1.75. The number of rotatable bonds is 4. The van der Waals surface area contributed by atoms with E-state index in [9.17, 15) is 8.78 Å². The van der Waals surface area contributed by atoms with Crippen LogP contribution in [-0.4, -0.2) is 48.5 Å². The van der Waals surface area contributed by atoms with E-state index in [1.54, 1.807) is 11.9 Å². The lowest BCUT2D eigenvalue weighted by Crippen LogP contribution is -2.44. The first kappa shape index (κ1) is 11.2. The summed E-state index contributed by atoms with van der Waals surface area (Å²) < 4.78 is 25.8. The van der Waals surface area contributed by atoms with E-state index in [-0.39, 0.29) is 6.54 Å². The zero-order valence-electron chi connectivity index (χ0n) is 7.80. The molecule has 2 N–H and O–H groups in total. The van der Waals surface area contributed by atoms with Crippen molar-refractivity contribution in [2.24, 2.45) is 5.73 Å². The van der Waals surface area contributed by atoms with E-state index in [0.29, 0.717) is 6.04 Å². The van der Waals surface area contributed by atoms with Gasteiger partial charge in [-0.1, -0.05) is 0 Å². The summed E-state index contributed by atoms with van der Waals surface area (Å²) in [6.07, 6.45) is 1.02. The van der Waals surface area contributed by atoms with Gasteiger partial charge in [-0.25, -0.2) is 8.78 Å². The molecule has 1 aliphatic rings. The molecule has 1 unspecified atom stereocenters. The third-order valence-corrected chi connectivity index (χ3v) is 3.45. The van der Waals surface area contributed by atoms with Crippen LogP contribution in [0.3, 0.4) is 0 Å². The highest BCUT2D eigenvalue weighted by atomic mass is 32.2. The average molecular weight is 210 g/mol. The Bertz CT molecular complexity index is 160. The van der Waals surface area contributed by atoms with Crippen molar-refractivity contribution in [1.82, 2.24) is 4.90 Å². The molecular formula is C8H16F2N2S. The van der Waals surface area contributed by atoms with Crippen LogP contribution in [0.5, 0.6) is 0 Å². The summed E-state index contributed by atoms with van der Waals surface area (Å²) >= 11 is 1.83. The van der Waals surface area contributed by atoms with Gasteiger partial charge in [0, 0.05) is 11.8 Å². The van der Waals surface area contributed by atoms with Gasteiger partial charge < -0.3 is 5.73 Å². The monoisotopic (exact) mass is 210 g/mol. The van der Waals surface area contributed by atoms with Crippen LogP contribution in [0.15, 0.2) is 0 Å². The highest BCUT2D eigenvalue weighted by Gasteiger charge is 2.32. The van der Waals surface area contributed by atoms with Crippen LogP contribution in [0, 0.1) is 0 Å². The van der Waals surface area contributed by atoms with E-state index < -0.39 is 12.5 Å². The zero-order chi connectivity index (χ0) is 9.90. The lowest BCUT2D eigenvalue weighted by Gasteiger charge is -2.27. The second-order valence-electron chi connectivity index (χ2n) is 3.49. The van der Waals surface area contributed by atoms with Crippen molar-refractivity contribution in [2.45, 2.75) is 18.4 Å². The summed E-state index contributed by atoms with van der Waals surface area (Å²) in [6, 6.07) is 0.308. The molecule has 0 saturated carbocycles. The van der Waals surface area contributed by atoms with Crippen molar-refractivity contribution < 1.29 is 8.78 Å². The molecule has 1 aliphatic heterocycles. The molecule has 0 aromatic carbocycles. The van der Waals surface area contributed by atoms with Crippen LogP contribution in [-0.2, 0) is 0 Å². The fourth-order valence-corrected chi connectivity index (χ4v) is 2.73. The molecule has 0 aromatic rings. The quantitative estimate of drug-likeness (QED) is 0.751. The molecule has 2 nitrogen and oxygen atoms in total. The lowest BCUT2D eigenvalue weighted by molar-refractivity contribution is -0.0245. The molecule has 1 atom stereocenters. The molecular weight excluding hydrogens is 194 g/mol. The van der Waals surface area contributed by atoms with Crippen LogP contribution in [0.4, 0.5) is 8.78 Å². The Balaban J connectivity index is 2.35. The van der Waals surface area contributed by atoms with Crippen molar-refractivity contribution in [2.75, 3.05) is 31.6 Å². The van der Waals surface area contributed by atoms with E-state index in [4.69, 9.17) is 5.73 Å². The fraction of sp³-hybridized carbons (Fsp3) is 1.00. The van der Waals surface area contributed by atoms with E-state index >= 15 is 0 Å². The third-order valence-electron chi connectivity index (χ3n) is 2.31. The first-order valence-corrected chi connectivity index (χ1v) is 5.56. The van der Waals surface area contributed by atoms with Gasteiger partial charge in [0.25, 0.3) is 5.92 Å². The van der Waals surface area contributed by atoms with E-state index in [2.05, 4.69) is 0 Å². The predicted octanol–water partition coefficient (Wildman–Crippen LogP) is 1.02. The van der Waals surface area contributed by atoms with Gasteiger partial charge >= 0.3 is 0 Å². The largest absolute Gasteiger partial charge is 0.325 e. The fourth-order valence-electron chi connectivity index (χ4n) is 1.43. The van der Waals surface area contributed by atoms with Gasteiger partial charge in [0.05, 0.1) is 13.1 Å². The maximum Gasteiger partial charge on any atom is 0.272 e. The number of nitrogens with zero attached hydrogens (tertiary/aromatic N) is 1. The highest BCUT2D eigenvalue weighted by Crippen LogP contribution is 2.23. The number of hydrogen-bond acceptors (Lipinski definition) is 3. The molecule has 1 saturated heterocycles. The van der Waals surface area contributed by atoms with Crippen molar-refractivity contribution >= 4 is 11.8 Å². The molecule has 0 amide bonds. The molecule has 0 bridgehead atoms. The Morgan fingerprint density at radius 1 is 1.62 bits per heavy atom. The van der Waals surface area contributed by atoms with Crippen LogP contribution in [0.25, 0.3) is 0 Å². The molecule has 5 heteroatoms. The van der Waals surface area contributed by atoms with Gasteiger partial charge in [-0.3, -0.25) is 4.90 Å². The third kappa shape index (κ3) is 3.40. The number of nitrogens with two attached hydrogens (primary N) is 1. The SMILES string of the molecule is CN(CC(F)(F)CN)C1CCSC1. The van der Waals surface area contributed by atoms with Crippen LogP contribution in [0.2, 0.25) is 0 Å². The summed E-state index contributed by atoms with van der Waals surface area (Å²) in [5.74, 6) is -0.678. The van der Waals surface area contributed by atoms with E-state index in [1.807, 2.05) is 11.8 Å². The average Bonchev–Trinajstić information content (AvgIpc) is 2.55. The normalized spacial score (nSPS) is 24.2. The molecule has 78 valence electrons. The smallest absolute Gasteiger partial charge is 0.272 e. The standard InChI is InChI=1S/C8H16F2N2S/c1-12(6-8(9,10)5-11)7-2-3-13-4-7/h7H,2-6,11H2,1H3. The number of hydrogen-bond donors (Lipinski definition) is 1. The molecule has 13 heavy (non-hydrogen) atoms. The summed E-state index contributed by atoms with van der Waals surface area (Å²) in [4.78, 5) is 1.73. The van der Waals surface area contributed by atoms with Crippen molar-refractivity contribution in [3.8, 4) is 0 Å². The minimum atomic E-state index is -2.73. The molecule has 1 heterocycles. The van der Waals surface area contributed by atoms with Crippen LogP contribution < -0.4 is 5.73 Å². The van der Waals surface area contributed by atoms with Gasteiger partial charge in [0.1, 0.15) is 0 Å². The minimum Gasteiger partial charge on any atom is -0.325 e. The summed E-state index contributed by atoms with van der Waals surface area (Å²) in [5.41, 5.74) is 4.97. The number of alkyl halides is 2. The summed E-state index contributed by atoms with van der Waals surface area (Å²) in [5, 5.41) is 0. The van der Waals surface area contributed by atoms with Gasteiger partial charge in [-0.15, -0.1) is 0 Å². The van der Waals surface area contributed by atoms with Gasteiger partial charge in [-0.05, 0) is 19.2 Å². The lowest BCUT2D eigenvalue weighted by atomic mass is 10.2. The highest BCUT2D eigenvalue weighted by molar-refractivity contribution is 7.99. The van der Waals surface area contributed by atoms with Gasteiger partial charge in [-0.2, -0.15) is 11.8 Å². The van der Waals surface area contributed by atoms with Crippen molar-refractivity contribution in [3.63, 3.8) is 0 Å². The minimum absolute atomic E-state index is 0.214. The Morgan fingerprint density at radius 3 is 2.77 bits per heavy atom. The summed E-state index contributed by atoms with van der Waals surface area (Å²) in [6.45, 7) is -0.772. The van der Waals surface area contributed by atoms with Crippen molar-refractivity contribution in [3.05, 3.63) is 0 Å². The first-order chi connectivity index (χ1) is 6.05. The Kier molecular flexibility index (Phi) is 3.94. The Hall–Kier alpha value is 0.130. The van der Waals surface area contributed by atoms with Crippen LogP contribution in [0.1, 0.15) is 6.42 Å². The molecule has 1 fully saturated rings.